The average Bonchev–Trinajstić information content (AvgIpc) is 3.08. The molecule has 0 saturated heterocycles. The number of carboxylic acids is 1. The van der Waals surface area contributed by atoms with E-state index in [1.165, 1.54) is 0 Å². The molecule has 7 nitrogen and oxygen atoms in total. The summed E-state index contributed by atoms with van der Waals surface area (Å²) in [7, 11) is 1.57. The van der Waals surface area contributed by atoms with Crippen LogP contribution in [0.2, 0.25) is 0 Å². The van der Waals surface area contributed by atoms with Gasteiger partial charge in [0.15, 0.2) is 0 Å². The number of carbonyl (C=O) groups excluding carboxylic acids is 1. The quantitative estimate of drug-likeness (QED) is 0.595. The third-order valence-corrected chi connectivity index (χ3v) is 4.20. The van der Waals surface area contributed by atoms with E-state index in [9.17, 15) is 14.7 Å². The summed E-state index contributed by atoms with van der Waals surface area (Å²) >= 11 is 0. The van der Waals surface area contributed by atoms with E-state index in [0.717, 1.165) is 22.0 Å². The first-order valence-corrected chi connectivity index (χ1v) is 8.41. The summed E-state index contributed by atoms with van der Waals surface area (Å²) in [5, 5.41) is 12.7. The molecule has 140 valence electrons. The Kier molecular flexibility index (Phi) is 5.61. The number of carbonyl (C=O) groups is 2. The number of carboxylic acid groups (broad SMARTS) is 1. The maximum Gasteiger partial charge on any atom is 0.408 e. The van der Waals surface area contributed by atoms with E-state index in [4.69, 9.17) is 9.47 Å². The molecule has 0 radical (unpaired) electrons. The summed E-state index contributed by atoms with van der Waals surface area (Å²) in [5.74, 6) is -0.464. The molecule has 2 aromatic carbocycles. The summed E-state index contributed by atoms with van der Waals surface area (Å²) in [4.78, 5) is 26.7. The molecule has 0 spiro atoms. The van der Waals surface area contributed by atoms with Crippen molar-refractivity contribution in [1.82, 2.24) is 10.3 Å². The fourth-order valence-corrected chi connectivity index (χ4v) is 2.78. The molecule has 0 aliphatic rings. The monoisotopic (exact) mass is 368 g/mol. The van der Waals surface area contributed by atoms with E-state index >= 15 is 0 Å². The zero-order chi connectivity index (χ0) is 19.2. The lowest BCUT2D eigenvalue weighted by atomic mass is 10.0. The van der Waals surface area contributed by atoms with Gasteiger partial charge < -0.3 is 24.9 Å². The zero-order valence-electron chi connectivity index (χ0n) is 14.8. The zero-order valence-corrected chi connectivity index (χ0v) is 14.8. The predicted molar refractivity (Wildman–Crippen MR) is 99.7 cm³/mol. The standard InChI is InChI=1S/C20H20N2O5/c1-26-15-7-8-17-16(10-15)14(11-21-17)9-18(19(23)24)22-20(25)27-12-13-5-3-2-4-6-13/h2-8,10-11,18,21H,9,12H2,1H3,(H,22,25)(H,23,24)/t18-/m1/s1. The lowest BCUT2D eigenvalue weighted by Crippen LogP contribution is -2.42. The molecule has 1 atom stereocenters. The van der Waals surface area contributed by atoms with Crippen LogP contribution in [0.1, 0.15) is 11.1 Å². The third-order valence-electron chi connectivity index (χ3n) is 4.20. The van der Waals surface area contributed by atoms with Crippen LogP contribution in [0.15, 0.2) is 54.7 Å². The number of benzene rings is 2. The van der Waals surface area contributed by atoms with Gasteiger partial charge in [-0.2, -0.15) is 0 Å². The summed E-state index contributed by atoms with van der Waals surface area (Å²) < 4.78 is 10.3. The second-order valence-electron chi connectivity index (χ2n) is 6.03. The topological polar surface area (TPSA) is 101 Å². The molecular weight excluding hydrogens is 348 g/mol. The largest absolute Gasteiger partial charge is 0.497 e. The van der Waals surface area contributed by atoms with Crippen LogP contribution in [-0.4, -0.2) is 35.3 Å². The van der Waals surface area contributed by atoms with Crippen molar-refractivity contribution in [3.8, 4) is 5.75 Å². The van der Waals surface area contributed by atoms with Gasteiger partial charge in [-0.05, 0) is 29.3 Å². The van der Waals surface area contributed by atoms with Gasteiger partial charge in [-0.25, -0.2) is 9.59 Å². The number of hydrogen-bond donors (Lipinski definition) is 3. The van der Waals surface area contributed by atoms with Crippen molar-refractivity contribution in [3.05, 3.63) is 65.9 Å². The molecule has 7 heteroatoms. The second kappa shape index (κ2) is 8.27. The smallest absolute Gasteiger partial charge is 0.408 e. The highest BCUT2D eigenvalue weighted by Crippen LogP contribution is 2.24. The van der Waals surface area contributed by atoms with Crippen LogP contribution < -0.4 is 10.1 Å². The number of aliphatic carboxylic acids is 1. The average molecular weight is 368 g/mol. The number of amides is 1. The number of fused-ring (bicyclic) bond motifs is 1. The van der Waals surface area contributed by atoms with Crippen LogP contribution in [0.5, 0.6) is 5.75 Å². The minimum Gasteiger partial charge on any atom is -0.497 e. The van der Waals surface area contributed by atoms with E-state index in [1.807, 2.05) is 48.5 Å². The number of nitrogens with one attached hydrogen (secondary N) is 2. The van der Waals surface area contributed by atoms with E-state index in [2.05, 4.69) is 10.3 Å². The first-order valence-electron chi connectivity index (χ1n) is 8.41. The fourth-order valence-electron chi connectivity index (χ4n) is 2.78. The van der Waals surface area contributed by atoms with Gasteiger partial charge in [0, 0.05) is 23.5 Å². The number of rotatable bonds is 7. The molecule has 0 bridgehead atoms. The van der Waals surface area contributed by atoms with E-state index in [-0.39, 0.29) is 13.0 Å². The molecule has 1 amide bonds. The van der Waals surface area contributed by atoms with E-state index in [1.54, 1.807) is 13.3 Å². The maximum atomic E-state index is 12.0. The first-order chi connectivity index (χ1) is 13.1. The molecule has 1 aromatic heterocycles. The van der Waals surface area contributed by atoms with Gasteiger partial charge in [-0.3, -0.25) is 0 Å². The van der Waals surface area contributed by atoms with Gasteiger partial charge in [0.1, 0.15) is 18.4 Å². The van der Waals surface area contributed by atoms with Crippen LogP contribution in [0.4, 0.5) is 4.79 Å². The Morgan fingerprint density at radius 3 is 2.67 bits per heavy atom. The van der Waals surface area contributed by atoms with Crippen LogP contribution in [0.3, 0.4) is 0 Å². The normalized spacial score (nSPS) is 11.7. The summed E-state index contributed by atoms with van der Waals surface area (Å²) in [6, 6.07) is 13.6. The van der Waals surface area contributed by atoms with Crippen molar-refractivity contribution in [2.75, 3.05) is 7.11 Å². The highest BCUT2D eigenvalue weighted by Gasteiger charge is 2.22. The van der Waals surface area contributed by atoms with Crippen molar-refractivity contribution in [3.63, 3.8) is 0 Å². The van der Waals surface area contributed by atoms with Crippen LogP contribution in [0, 0.1) is 0 Å². The maximum absolute atomic E-state index is 12.0. The molecule has 0 unspecified atom stereocenters. The Labute approximate surface area is 155 Å². The van der Waals surface area contributed by atoms with E-state index in [0.29, 0.717) is 5.75 Å². The van der Waals surface area contributed by atoms with Gasteiger partial charge in [-0.1, -0.05) is 30.3 Å². The van der Waals surface area contributed by atoms with Crippen molar-refractivity contribution in [1.29, 1.82) is 0 Å². The van der Waals surface area contributed by atoms with Crippen molar-refractivity contribution >= 4 is 23.0 Å². The van der Waals surface area contributed by atoms with Gasteiger partial charge in [-0.15, -0.1) is 0 Å². The van der Waals surface area contributed by atoms with Gasteiger partial charge in [0.25, 0.3) is 0 Å². The van der Waals surface area contributed by atoms with E-state index < -0.39 is 18.1 Å². The molecule has 0 fully saturated rings. The molecule has 0 aliphatic carbocycles. The van der Waals surface area contributed by atoms with Crippen LogP contribution in [0.25, 0.3) is 10.9 Å². The predicted octanol–water partition coefficient (Wildman–Crippen LogP) is 3.10. The van der Waals surface area contributed by atoms with Gasteiger partial charge in [0.2, 0.25) is 0 Å². The molecular formula is C20H20N2O5. The molecule has 0 saturated carbocycles. The fraction of sp³-hybridized carbons (Fsp3) is 0.200. The van der Waals surface area contributed by atoms with Crippen LogP contribution >= 0.6 is 0 Å². The molecule has 0 aliphatic heterocycles. The number of aromatic amines is 1. The minimum atomic E-state index is -1.14. The Bertz CT molecular complexity index is 936. The molecule has 3 rings (SSSR count). The minimum absolute atomic E-state index is 0.0727. The third kappa shape index (κ3) is 4.58. The highest BCUT2D eigenvalue weighted by atomic mass is 16.5. The number of aromatic nitrogens is 1. The summed E-state index contributed by atoms with van der Waals surface area (Å²) in [6.07, 6.45) is 1.07. The molecule has 27 heavy (non-hydrogen) atoms. The Hall–Kier alpha value is -3.48. The van der Waals surface area contributed by atoms with Gasteiger partial charge >= 0.3 is 12.1 Å². The van der Waals surface area contributed by atoms with Crippen molar-refractivity contribution in [2.24, 2.45) is 0 Å². The second-order valence-corrected chi connectivity index (χ2v) is 6.03. The lowest BCUT2D eigenvalue weighted by molar-refractivity contribution is -0.139. The number of H-pyrrole nitrogens is 1. The summed E-state index contributed by atoms with van der Waals surface area (Å²) in [6.45, 7) is 0.0727. The first kappa shape index (κ1) is 18.3. The lowest BCUT2D eigenvalue weighted by Gasteiger charge is -2.14. The highest BCUT2D eigenvalue weighted by molar-refractivity contribution is 5.86. The van der Waals surface area contributed by atoms with Crippen LogP contribution in [-0.2, 0) is 22.6 Å². The number of methoxy groups -OCH3 is 1. The Morgan fingerprint density at radius 2 is 1.96 bits per heavy atom. The SMILES string of the molecule is COc1ccc2[nH]cc(C[C@@H](NC(=O)OCc3ccccc3)C(=O)O)c2c1. The summed E-state index contributed by atoms with van der Waals surface area (Å²) in [5.41, 5.74) is 2.45. The van der Waals surface area contributed by atoms with Crippen molar-refractivity contribution < 1.29 is 24.2 Å². The number of ether oxygens (including phenoxy) is 2. The Morgan fingerprint density at radius 1 is 1.19 bits per heavy atom. The molecule has 3 N–H and O–H groups in total. The number of hydrogen-bond acceptors (Lipinski definition) is 4. The van der Waals surface area contributed by atoms with Crippen molar-refractivity contribution in [2.45, 2.75) is 19.1 Å². The van der Waals surface area contributed by atoms with Gasteiger partial charge in [0.05, 0.1) is 7.11 Å². The number of alkyl carbamates (subject to hydrolysis) is 1. The Balaban J connectivity index is 1.67. The molecule has 1 heterocycles. The molecule has 3 aromatic rings.